The summed E-state index contributed by atoms with van der Waals surface area (Å²) < 4.78 is 0. The van der Waals surface area contributed by atoms with Crippen molar-refractivity contribution in [1.29, 1.82) is 0 Å². The van der Waals surface area contributed by atoms with Crippen LogP contribution in [0, 0.1) is 38.5 Å². The van der Waals surface area contributed by atoms with Gasteiger partial charge in [0.25, 0.3) is 0 Å². The van der Waals surface area contributed by atoms with Crippen LogP contribution < -0.4 is 0 Å². The smallest absolute Gasteiger partial charge is 0.0769 e. The number of aromatic nitrogens is 4. The largest absolute Gasteiger partial charge is 0.354 e. The zero-order chi connectivity index (χ0) is 36.8. The highest BCUT2D eigenvalue weighted by atomic mass is 14.8. The quantitative estimate of drug-likeness (QED) is 0.176. The van der Waals surface area contributed by atoms with Crippen molar-refractivity contribution in [2.75, 3.05) is 0 Å². The van der Waals surface area contributed by atoms with Gasteiger partial charge in [0.15, 0.2) is 0 Å². The maximum Gasteiger partial charge on any atom is 0.0769 e. The van der Waals surface area contributed by atoms with Crippen LogP contribution in [0.3, 0.4) is 0 Å². The molecule has 0 saturated carbocycles. The number of hydrogen-bond acceptors (Lipinski definition) is 2. The van der Waals surface area contributed by atoms with E-state index >= 15 is 0 Å². The second-order valence-corrected chi connectivity index (χ2v) is 13.8. The second-order valence-electron chi connectivity index (χ2n) is 13.8. The van der Waals surface area contributed by atoms with E-state index in [1.165, 1.54) is 44.5 Å². The van der Waals surface area contributed by atoms with Crippen molar-refractivity contribution in [2.45, 2.75) is 81.1 Å². The molecule has 0 atom stereocenters. The average Bonchev–Trinajstić information content (AvgIpc) is 3.84. The van der Waals surface area contributed by atoms with E-state index in [2.05, 4.69) is 120 Å². The molecular formula is C48H46N4. The number of benzene rings is 2. The van der Waals surface area contributed by atoms with Gasteiger partial charge in [-0.3, -0.25) is 0 Å². The van der Waals surface area contributed by atoms with Crippen molar-refractivity contribution >= 4 is 44.4 Å². The lowest BCUT2D eigenvalue weighted by atomic mass is 9.92. The summed E-state index contributed by atoms with van der Waals surface area (Å²) in [5, 5.41) is 0. The lowest BCUT2D eigenvalue weighted by molar-refractivity contribution is 1.14. The minimum Gasteiger partial charge on any atom is -0.354 e. The van der Waals surface area contributed by atoms with Crippen LogP contribution in [0.15, 0.2) is 60.7 Å². The Morgan fingerprint density at radius 1 is 0.558 bits per heavy atom. The fourth-order valence-corrected chi connectivity index (χ4v) is 8.40. The first-order valence-electron chi connectivity index (χ1n) is 18.5. The van der Waals surface area contributed by atoms with Gasteiger partial charge in [-0.15, -0.1) is 12.8 Å². The van der Waals surface area contributed by atoms with Crippen molar-refractivity contribution in [3.63, 3.8) is 0 Å². The number of allylic oxidation sites excluding steroid dienone is 4. The number of H-pyrrole nitrogens is 2. The molecule has 8 bridgehead atoms. The summed E-state index contributed by atoms with van der Waals surface area (Å²) in [6.45, 7) is 17.8. The Morgan fingerprint density at radius 2 is 0.981 bits per heavy atom. The molecule has 0 aliphatic carbocycles. The molecule has 5 heterocycles. The summed E-state index contributed by atoms with van der Waals surface area (Å²) in [5.74, 6) is 5.71. The lowest BCUT2D eigenvalue weighted by Gasteiger charge is -2.10. The van der Waals surface area contributed by atoms with Crippen molar-refractivity contribution in [2.24, 2.45) is 0 Å². The molecule has 0 saturated heterocycles. The highest BCUT2D eigenvalue weighted by Crippen LogP contribution is 2.44. The SMILES string of the molecule is C#Cc1cccc(-c2c3nc(cc4[nH]c(c(C)c4CC)c(-c4cccc(C#C)c4)c4[nH]c(cc5nc2C(C)=C5CC)c(CC)c4C)C(CC)=C3C)c1. The van der Waals surface area contributed by atoms with Crippen molar-refractivity contribution in [1.82, 2.24) is 19.9 Å². The van der Waals surface area contributed by atoms with E-state index in [9.17, 15) is 0 Å². The first-order chi connectivity index (χ1) is 25.2. The van der Waals surface area contributed by atoms with Gasteiger partial charge < -0.3 is 9.97 Å². The predicted molar refractivity (Wildman–Crippen MR) is 222 cm³/mol. The van der Waals surface area contributed by atoms with Crippen molar-refractivity contribution in [3.8, 4) is 46.9 Å². The number of hydrogen-bond donors (Lipinski definition) is 2. The molecule has 2 aromatic carbocycles. The molecule has 4 heteroatoms. The van der Waals surface area contributed by atoms with E-state index in [0.717, 1.165) is 104 Å². The molecule has 3 aromatic heterocycles. The van der Waals surface area contributed by atoms with Crippen LogP contribution in [0.5, 0.6) is 0 Å². The van der Waals surface area contributed by atoms with Gasteiger partial charge in [0.1, 0.15) is 0 Å². The van der Waals surface area contributed by atoms with E-state index in [-0.39, 0.29) is 0 Å². The first kappa shape index (κ1) is 34.6. The van der Waals surface area contributed by atoms with Gasteiger partial charge in [-0.25, -0.2) is 9.97 Å². The van der Waals surface area contributed by atoms with Crippen molar-refractivity contribution in [3.05, 3.63) is 117 Å². The Morgan fingerprint density at radius 3 is 1.37 bits per heavy atom. The van der Waals surface area contributed by atoms with Crippen LogP contribution in [0.25, 0.3) is 66.6 Å². The Bertz CT molecular complexity index is 2500. The molecule has 0 amide bonds. The maximum atomic E-state index is 5.95. The first-order valence-corrected chi connectivity index (χ1v) is 18.5. The molecule has 5 aromatic rings. The summed E-state index contributed by atoms with van der Waals surface area (Å²) in [6.07, 6.45) is 15.3. The molecule has 2 N–H and O–H groups in total. The molecule has 2 aliphatic rings. The Hall–Kier alpha value is -5.84. The number of aryl methyl sites for hydroxylation is 4. The third kappa shape index (κ3) is 5.51. The number of nitrogens with zero attached hydrogens (tertiary/aromatic N) is 2. The minimum absolute atomic E-state index is 0.833. The monoisotopic (exact) mass is 678 g/mol. The molecule has 0 radical (unpaired) electrons. The van der Waals surface area contributed by atoms with Gasteiger partial charge in [-0.2, -0.15) is 0 Å². The summed E-state index contributed by atoms with van der Waals surface area (Å²) in [6, 6.07) is 21.1. The average molecular weight is 679 g/mol. The van der Waals surface area contributed by atoms with Gasteiger partial charge in [0.05, 0.1) is 33.8 Å². The van der Waals surface area contributed by atoms with Gasteiger partial charge >= 0.3 is 0 Å². The molecule has 2 aliphatic heterocycles. The van der Waals surface area contributed by atoms with E-state index in [1.54, 1.807) is 0 Å². The third-order valence-corrected chi connectivity index (χ3v) is 11.1. The third-order valence-electron chi connectivity index (χ3n) is 11.1. The summed E-state index contributed by atoms with van der Waals surface area (Å²) in [5.41, 5.74) is 23.9. The summed E-state index contributed by atoms with van der Waals surface area (Å²) in [4.78, 5) is 18.9. The van der Waals surface area contributed by atoms with Crippen LogP contribution in [-0.4, -0.2) is 19.9 Å². The molecule has 0 unspecified atom stereocenters. The fourth-order valence-electron chi connectivity index (χ4n) is 8.40. The molecular weight excluding hydrogens is 633 g/mol. The van der Waals surface area contributed by atoms with Gasteiger partial charge in [0, 0.05) is 33.3 Å². The van der Waals surface area contributed by atoms with Gasteiger partial charge in [-0.1, -0.05) is 63.8 Å². The van der Waals surface area contributed by atoms with Crippen LogP contribution in [-0.2, 0) is 12.8 Å². The predicted octanol–water partition coefficient (Wildman–Crippen LogP) is 12.0. The van der Waals surface area contributed by atoms with Crippen LogP contribution in [0.4, 0.5) is 0 Å². The summed E-state index contributed by atoms with van der Waals surface area (Å²) in [7, 11) is 0. The Kier molecular flexibility index (Phi) is 9.12. The molecule has 0 spiro atoms. The normalized spacial score (nSPS) is 12.7. The zero-order valence-corrected chi connectivity index (χ0v) is 31.7. The Balaban J connectivity index is 1.78. The molecule has 52 heavy (non-hydrogen) atoms. The van der Waals surface area contributed by atoms with Crippen LogP contribution >= 0.6 is 0 Å². The summed E-state index contributed by atoms with van der Waals surface area (Å²) >= 11 is 0. The van der Waals surface area contributed by atoms with E-state index in [1.807, 2.05) is 18.2 Å². The highest BCUT2D eigenvalue weighted by Gasteiger charge is 2.26. The fraction of sp³-hybridized carbons (Fsp3) is 0.250. The number of fused-ring (bicyclic) bond motifs is 8. The number of terminal acetylenes is 2. The maximum absolute atomic E-state index is 5.95. The highest BCUT2D eigenvalue weighted by molar-refractivity contribution is 6.03. The van der Waals surface area contributed by atoms with Gasteiger partial charge in [-0.05, 0) is 145 Å². The number of nitrogens with one attached hydrogen (secondary N) is 2. The standard InChI is InChI=1S/C48H46N4/c1-11-31-19-17-21-33(23-31)43-45-27(7)35(13-3)39(49-45)25-41-37(15-5)29(9)47(51-41)44(34-22-18-20-32(12-2)24-34)48-30(10)38(16-6)42(52-48)26-40-36(14-4)28(8)46(43)50-40/h1-2,17-26,49-50H,13-16H2,3-10H3. The minimum atomic E-state index is 0.833. The molecule has 7 rings (SSSR count). The van der Waals surface area contributed by atoms with Gasteiger partial charge in [0.2, 0.25) is 0 Å². The van der Waals surface area contributed by atoms with E-state index in [0.29, 0.717) is 0 Å². The number of aromatic amines is 2. The lowest BCUT2D eigenvalue weighted by Crippen LogP contribution is -1.93. The van der Waals surface area contributed by atoms with E-state index in [4.69, 9.17) is 22.8 Å². The molecule has 258 valence electrons. The van der Waals surface area contributed by atoms with E-state index < -0.39 is 0 Å². The van der Waals surface area contributed by atoms with Crippen LogP contribution in [0.1, 0.15) is 111 Å². The Labute approximate surface area is 308 Å². The number of rotatable bonds is 6. The molecule has 4 nitrogen and oxygen atoms in total. The second kappa shape index (κ2) is 13.7. The molecule has 0 fully saturated rings. The van der Waals surface area contributed by atoms with Crippen molar-refractivity contribution < 1.29 is 0 Å². The zero-order valence-electron chi connectivity index (χ0n) is 31.7. The topological polar surface area (TPSA) is 57.4 Å². The van der Waals surface area contributed by atoms with Crippen LogP contribution in [0.2, 0.25) is 0 Å².